The van der Waals surface area contributed by atoms with E-state index in [1.807, 2.05) is 0 Å². The molecule has 14 heavy (non-hydrogen) atoms. The van der Waals surface area contributed by atoms with Crippen molar-refractivity contribution < 1.29 is 9.59 Å². The van der Waals surface area contributed by atoms with Crippen molar-refractivity contribution in [1.29, 1.82) is 0 Å². The van der Waals surface area contributed by atoms with Gasteiger partial charge < -0.3 is 21.7 Å². The van der Waals surface area contributed by atoms with Crippen molar-refractivity contribution in [3.8, 4) is 0 Å². The van der Waals surface area contributed by atoms with Crippen molar-refractivity contribution in [3.63, 3.8) is 0 Å². The number of hydrogen-bond acceptors (Lipinski definition) is 3. The number of carbonyl (C=O) groups is 2. The Labute approximate surface area is 82.6 Å². The fourth-order valence-corrected chi connectivity index (χ4v) is 1.30. The molecule has 5 N–H and O–H groups in total. The molecule has 1 unspecified atom stereocenters. The summed E-state index contributed by atoms with van der Waals surface area (Å²) in [6.07, 6.45) is 1.59. The van der Waals surface area contributed by atoms with Crippen molar-refractivity contribution in [2.45, 2.75) is 18.9 Å². The van der Waals surface area contributed by atoms with E-state index in [9.17, 15) is 9.59 Å². The van der Waals surface area contributed by atoms with Crippen LogP contribution in [0.3, 0.4) is 0 Å². The normalized spacial score (nSPS) is 21.2. The number of urea groups is 1. The predicted molar refractivity (Wildman–Crippen MR) is 51.6 cm³/mol. The number of amides is 3. The van der Waals surface area contributed by atoms with Crippen LogP contribution in [-0.4, -0.2) is 37.6 Å². The molecule has 6 heteroatoms. The highest BCUT2D eigenvalue weighted by Crippen LogP contribution is 2.02. The molecule has 0 aromatic heterocycles. The highest BCUT2D eigenvalue weighted by molar-refractivity contribution is 5.87. The van der Waals surface area contributed by atoms with Gasteiger partial charge in [-0.1, -0.05) is 0 Å². The number of hydrogen-bond donors (Lipinski definition) is 4. The summed E-state index contributed by atoms with van der Waals surface area (Å²) in [6.45, 7) is 1.51. The van der Waals surface area contributed by atoms with E-state index in [4.69, 9.17) is 5.73 Å². The van der Waals surface area contributed by atoms with Crippen LogP contribution in [0.1, 0.15) is 12.8 Å². The number of nitrogens with two attached hydrogens (primary N) is 1. The molecule has 3 amide bonds. The Morgan fingerprint density at radius 1 is 1.64 bits per heavy atom. The zero-order valence-corrected chi connectivity index (χ0v) is 8.01. The third-order valence-corrected chi connectivity index (χ3v) is 2.02. The molecule has 1 aliphatic rings. The zero-order valence-electron chi connectivity index (χ0n) is 8.01. The van der Waals surface area contributed by atoms with E-state index >= 15 is 0 Å². The number of piperidine rings is 1. The molecule has 1 rings (SSSR count). The van der Waals surface area contributed by atoms with Gasteiger partial charge in [0.1, 0.15) is 6.04 Å². The zero-order chi connectivity index (χ0) is 10.4. The van der Waals surface area contributed by atoms with Crippen LogP contribution in [0.15, 0.2) is 0 Å². The van der Waals surface area contributed by atoms with Gasteiger partial charge in [-0.2, -0.15) is 0 Å². The maximum absolute atomic E-state index is 11.2. The van der Waals surface area contributed by atoms with Gasteiger partial charge in [0.15, 0.2) is 0 Å². The second kappa shape index (κ2) is 5.43. The van der Waals surface area contributed by atoms with E-state index < -0.39 is 6.04 Å². The van der Waals surface area contributed by atoms with Crippen LogP contribution < -0.4 is 21.7 Å². The molecule has 80 valence electrons. The Bertz CT molecular complexity index is 219. The molecular weight excluding hydrogens is 184 g/mol. The fraction of sp³-hybridized carbons (Fsp3) is 0.750. The van der Waals surface area contributed by atoms with Crippen LogP contribution in [0.5, 0.6) is 0 Å². The van der Waals surface area contributed by atoms with Crippen LogP contribution in [-0.2, 0) is 4.79 Å². The van der Waals surface area contributed by atoms with Crippen molar-refractivity contribution in [1.82, 2.24) is 16.0 Å². The van der Waals surface area contributed by atoms with Gasteiger partial charge in [0.2, 0.25) is 5.91 Å². The van der Waals surface area contributed by atoms with Gasteiger partial charge in [-0.05, 0) is 12.8 Å². The first-order valence-electron chi connectivity index (χ1n) is 4.76. The SMILES string of the molecule is NCCNC(=O)NC1CCCNC1=O. The molecule has 0 spiro atoms. The molecule has 0 bridgehead atoms. The average molecular weight is 200 g/mol. The van der Waals surface area contributed by atoms with Gasteiger partial charge in [-0.3, -0.25) is 4.79 Å². The van der Waals surface area contributed by atoms with E-state index in [2.05, 4.69) is 16.0 Å². The van der Waals surface area contributed by atoms with Gasteiger partial charge in [0.05, 0.1) is 0 Å². The Morgan fingerprint density at radius 2 is 2.43 bits per heavy atom. The second-order valence-electron chi connectivity index (χ2n) is 3.17. The number of rotatable bonds is 3. The van der Waals surface area contributed by atoms with E-state index in [-0.39, 0.29) is 11.9 Å². The van der Waals surface area contributed by atoms with Gasteiger partial charge in [0, 0.05) is 19.6 Å². The minimum Gasteiger partial charge on any atom is -0.354 e. The van der Waals surface area contributed by atoms with Gasteiger partial charge >= 0.3 is 6.03 Å². The third-order valence-electron chi connectivity index (χ3n) is 2.02. The van der Waals surface area contributed by atoms with E-state index in [0.29, 0.717) is 26.1 Å². The summed E-state index contributed by atoms with van der Waals surface area (Å²) in [5.74, 6) is -0.112. The van der Waals surface area contributed by atoms with Gasteiger partial charge in [0.25, 0.3) is 0 Å². The first-order valence-corrected chi connectivity index (χ1v) is 4.76. The standard InChI is InChI=1S/C8H16N4O2/c9-3-5-11-8(14)12-6-2-1-4-10-7(6)13/h6H,1-5,9H2,(H,10,13)(H2,11,12,14). The first-order chi connectivity index (χ1) is 6.74. The molecule has 1 saturated heterocycles. The summed E-state index contributed by atoms with van der Waals surface area (Å²) in [5.41, 5.74) is 5.22. The summed E-state index contributed by atoms with van der Waals surface area (Å²) in [5, 5.41) is 7.82. The Hall–Kier alpha value is -1.30. The molecule has 1 atom stereocenters. The number of carbonyl (C=O) groups excluding carboxylic acids is 2. The van der Waals surface area contributed by atoms with Crippen molar-refractivity contribution in [2.24, 2.45) is 5.73 Å². The lowest BCUT2D eigenvalue weighted by atomic mass is 10.1. The van der Waals surface area contributed by atoms with Crippen LogP contribution in [0, 0.1) is 0 Å². The highest BCUT2D eigenvalue weighted by atomic mass is 16.2. The van der Waals surface area contributed by atoms with Crippen molar-refractivity contribution in [3.05, 3.63) is 0 Å². The minimum atomic E-state index is -0.401. The summed E-state index contributed by atoms with van der Waals surface area (Å²) < 4.78 is 0. The molecule has 6 nitrogen and oxygen atoms in total. The predicted octanol–water partition coefficient (Wildman–Crippen LogP) is -1.48. The van der Waals surface area contributed by atoms with Crippen LogP contribution in [0.25, 0.3) is 0 Å². The Morgan fingerprint density at radius 3 is 3.07 bits per heavy atom. The quantitative estimate of drug-likeness (QED) is 0.447. The highest BCUT2D eigenvalue weighted by Gasteiger charge is 2.22. The molecule has 1 heterocycles. The Kier molecular flexibility index (Phi) is 4.18. The van der Waals surface area contributed by atoms with Crippen molar-refractivity contribution in [2.75, 3.05) is 19.6 Å². The van der Waals surface area contributed by atoms with Crippen molar-refractivity contribution >= 4 is 11.9 Å². The molecule has 0 aromatic rings. The lowest BCUT2D eigenvalue weighted by molar-refractivity contribution is -0.124. The fourth-order valence-electron chi connectivity index (χ4n) is 1.30. The van der Waals surface area contributed by atoms with Crippen LogP contribution in [0.2, 0.25) is 0 Å². The summed E-state index contributed by atoms with van der Waals surface area (Å²) in [4.78, 5) is 22.4. The second-order valence-corrected chi connectivity index (χ2v) is 3.17. The Balaban J connectivity index is 2.27. The maximum atomic E-state index is 11.2. The average Bonchev–Trinajstić information content (AvgIpc) is 2.18. The number of nitrogens with one attached hydrogen (secondary N) is 3. The van der Waals surface area contributed by atoms with Gasteiger partial charge in [-0.15, -0.1) is 0 Å². The molecule has 0 aliphatic carbocycles. The van der Waals surface area contributed by atoms with Gasteiger partial charge in [-0.25, -0.2) is 4.79 Å². The molecule has 0 aromatic carbocycles. The molecule has 0 saturated carbocycles. The monoisotopic (exact) mass is 200 g/mol. The summed E-state index contributed by atoms with van der Waals surface area (Å²) in [7, 11) is 0. The lowest BCUT2D eigenvalue weighted by Crippen LogP contribution is -2.53. The smallest absolute Gasteiger partial charge is 0.315 e. The van der Waals surface area contributed by atoms with E-state index in [1.54, 1.807) is 0 Å². The van der Waals surface area contributed by atoms with E-state index in [0.717, 1.165) is 6.42 Å². The van der Waals surface area contributed by atoms with Crippen LogP contribution in [0.4, 0.5) is 4.79 Å². The first kappa shape index (κ1) is 10.8. The summed E-state index contributed by atoms with van der Waals surface area (Å²) in [6, 6.07) is -0.737. The minimum absolute atomic E-state index is 0.112. The lowest BCUT2D eigenvalue weighted by Gasteiger charge is -2.22. The van der Waals surface area contributed by atoms with Crippen LogP contribution >= 0.6 is 0 Å². The largest absolute Gasteiger partial charge is 0.354 e. The molecule has 0 radical (unpaired) electrons. The topological polar surface area (TPSA) is 96.2 Å². The maximum Gasteiger partial charge on any atom is 0.315 e. The summed E-state index contributed by atoms with van der Waals surface area (Å²) >= 11 is 0. The molecular formula is C8H16N4O2. The molecule has 1 aliphatic heterocycles. The third kappa shape index (κ3) is 3.21. The van der Waals surface area contributed by atoms with E-state index in [1.165, 1.54) is 0 Å². The molecule has 1 fully saturated rings.